The number of hydrogen-bond donors (Lipinski definition) is 4. The lowest BCUT2D eigenvalue weighted by atomic mass is 9.96. The number of rotatable bonds is 9. The van der Waals surface area contributed by atoms with Gasteiger partial charge in [-0.15, -0.1) is 0 Å². The van der Waals surface area contributed by atoms with Crippen molar-refractivity contribution in [2.24, 2.45) is 0 Å². The van der Waals surface area contributed by atoms with Crippen LogP contribution in [-0.2, 0) is 20.2 Å². The number of alkyl carbamates (subject to hydrolysis) is 1. The van der Waals surface area contributed by atoms with E-state index in [0.717, 1.165) is 5.82 Å². The summed E-state index contributed by atoms with van der Waals surface area (Å²) in [5.74, 6) is 1.10. The van der Waals surface area contributed by atoms with Crippen LogP contribution in [0.1, 0.15) is 51.9 Å². The first kappa shape index (κ1) is 28.6. The second-order valence-corrected chi connectivity index (χ2v) is 13.1. The Kier molecular flexibility index (Phi) is 8.08. The molecule has 0 bridgehead atoms. The first-order valence-corrected chi connectivity index (χ1v) is 14.6. The van der Waals surface area contributed by atoms with E-state index in [0.29, 0.717) is 64.3 Å². The molecule has 0 radical (unpaired) electrons. The van der Waals surface area contributed by atoms with E-state index >= 15 is 0 Å². The lowest BCUT2D eigenvalue weighted by Gasteiger charge is -2.15. The minimum absolute atomic E-state index is 0.230. The van der Waals surface area contributed by atoms with Gasteiger partial charge in [0.1, 0.15) is 5.82 Å². The zero-order valence-corrected chi connectivity index (χ0v) is 24.4. The van der Waals surface area contributed by atoms with Crippen LogP contribution >= 0.6 is 11.6 Å². The van der Waals surface area contributed by atoms with Crippen molar-refractivity contribution in [2.75, 3.05) is 23.7 Å². The van der Waals surface area contributed by atoms with Gasteiger partial charge in [0.15, 0.2) is 0 Å². The van der Waals surface area contributed by atoms with Crippen molar-refractivity contribution in [1.82, 2.24) is 25.3 Å². The number of sulfonamides is 1. The third-order valence-electron chi connectivity index (χ3n) is 6.28. The van der Waals surface area contributed by atoms with Crippen LogP contribution < -0.4 is 15.4 Å². The van der Waals surface area contributed by atoms with Crippen LogP contribution in [0.5, 0.6) is 0 Å². The molecule has 0 spiro atoms. The van der Waals surface area contributed by atoms with E-state index in [9.17, 15) is 13.2 Å². The predicted molar refractivity (Wildman–Crippen MR) is 153 cm³/mol. The monoisotopic (exact) mass is 575 g/mol. The molecule has 2 heterocycles. The number of benzene rings is 1. The van der Waals surface area contributed by atoms with Crippen molar-refractivity contribution in [3.8, 4) is 22.6 Å². The second-order valence-electron chi connectivity index (χ2n) is 10.7. The highest BCUT2D eigenvalue weighted by molar-refractivity contribution is 7.93. The van der Waals surface area contributed by atoms with Gasteiger partial charge < -0.3 is 20.4 Å². The van der Waals surface area contributed by atoms with Gasteiger partial charge >= 0.3 is 6.09 Å². The highest BCUT2D eigenvalue weighted by atomic mass is 35.5. The molecule has 1 amide bonds. The lowest BCUT2D eigenvalue weighted by molar-refractivity contribution is 0.168. The van der Waals surface area contributed by atoms with Gasteiger partial charge in [-0.3, -0.25) is 4.72 Å². The van der Waals surface area contributed by atoms with Gasteiger partial charge in [0.2, 0.25) is 16.0 Å². The van der Waals surface area contributed by atoms with Crippen LogP contribution in [0.15, 0.2) is 24.4 Å². The smallest absolute Gasteiger partial charge is 0.407 e. The summed E-state index contributed by atoms with van der Waals surface area (Å²) in [6.07, 6.45) is 2.42. The third kappa shape index (κ3) is 6.80. The summed E-state index contributed by atoms with van der Waals surface area (Å²) in [5, 5.41) is 5.82. The summed E-state index contributed by atoms with van der Waals surface area (Å²) in [6.45, 7) is 10.2. The number of imidazole rings is 1. The first-order valence-electron chi connectivity index (χ1n) is 12.6. The fourth-order valence-electron chi connectivity index (χ4n) is 3.89. The van der Waals surface area contributed by atoms with Gasteiger partial charge in [0.25, 0.3) is 0 Å². The highest BCUT2D eigenvalue weighted by Crippen LogP contribution is 2.39. The molecule has 4 rings (SSSR count). The molecule has 1 atom stereocenters. The molecule has 3 aromatic rings. The van der Waals surface area contributed by atoms with Crippen molar-refractivity contribution in [3.05, 3.63) is 40.8 Å². The van der Waals surface area contributed by atoms with E-state index in [4.69, 9.17) is 16.6 Å². The maximum Gasteiger partial charge on any atom is 0.407 e. The number of H-pyrrole nitrogens is 1. The number of carbonyl (C=O) groups excluding carboxylic acids is 1. The van der Waals surface area contributed by atoms with Gasteiger partial charge in [0.05, 0.1) is 35.1 Å². The lowest BCUT2D eigenvalue weighted by Crippen LogP contribution is -2.37. The molecule has 0 unspecified atom stereocenters. The number of halogens is 1. The predicted octanol–water partition coefficient (Wildman–Crippen LogP) is 4.85. The fraction of sp³-hybridized carbons (Fsp3) is 0.462. The van der Waals surface area contributed by atoms with Crippen molar-refractivity contribution in [1.29, 1.82) is 0 Å². The minimum Gasteiger partial charge on any atom is -0.453 e. The van der Waals surface area contributed by atoms with Crippen LogP contribution in [0.2, 0.25) is 5.02 Å². The van der Waals surface area contributed by atoms with E-state index in [1.807, 2.05) is 34.6 Å². The van der Waals surface area contributed by atoms with Crippen LogP contribution in [-0.4, -0.2) is 59.4 Å². The molecule has 1 aromatic carbocycles. The maximum absolute atomic E-state index is 12.7. The molecule has 11 nitrogen and oxygen atoms in total. The fourth-order valence-corrected chi connectivity index (χ4v) is 5.55. The largest absolute Gasteiger partial charge is 0.453 e. The SMILES string of the molecule is COC(=O)N[C@@H](C)CNc1nccc(-c2[nH]c(C(C)(C)C)nc2-c2cc(Cl)cc(NS(=O)(=O)C3CC3)c2C)n1. The summed E-state index contributed by atoms with van der Waals surface area (Å²) >= 11 is 6.49. The summed E-state index contributed by atoms with van der Waals surface area (Å²) < 4.78 is 32.7. The third-order valence-corrected chi connectivity index (χ3v) is 8.36. The van der Waals surface area contributed by atoms with Gasteiger partial charge in [-0.05, 0) is 50.5 Å². The number of aromatic amines is 1. The Labute approximate surface area is 233 Å². The summed E-state index contributed by atoms with van der Waals surface area (Å²) in [4.78, 5) is 28.8. The molecule has 210 valence electrons. The number of nitrogens with zero attached hydrogens (tertiary/aromatic N) is 3. The molecule has 1 aliphatic carbocycles. The van der Waals surface area contributed by atoms with Crippen LogP contribution in [0.25, 0.3) is 22.6 Å². The molecule has 1 saturated carbocycles. The molecular formula is C26H34ClN7O4S. The van der Waals surface area contributed by atoms with Crippen molar-refractivity contribution < 1.29 is 17.9 Å². The molecule has 0 saturated heterocycles. The summed E-state index contributed by atoms with van der Waals surface area (Å²) in [7, 11) is -2.18. The van der Waals surface area contributed by atoms with Crippen LogP contribution in [0.4, 0.5) is 16.4 Å². The van der Waals surface area contributed by atoms with E-state index in [1.165, 1.54) is 7.11 Å². The first-order chi connectivity index (χ1) is 18.3. The normalized spacial score (nSPS) is 14.5. The molecule has 0 aliphatic heterocycles. The number of methoxy groups -OCH3 is 1. The van der Waals surface area contributed by atoms with Gasteiger partial charge in [-0.1, -0.05) is 32.4 Å². The Morgan fingerprint density at radius 2 is 1.97 bits per heavy atom. The zero-order valence-electron chi connectivity index (χ0n) is 22.8. The summed E-state index contributed by atoms with van der Waals surface area (Å²) in [5.41, 5.74) is 3.32. The average Bonchev–Trinajstić information content (AvgIpc) is 3.63. The van der Waals surface area contributed by atoms with Crippen molar-refractivity contribution in [2.45, 2.75) is 64.2 Å². The number of hydrogen-bond acceptors (Lipinski definition) is 8. The Balaban J connectivity index is 1.73. The molecule has 13 heteroatoms. The Hall–Kier alpha value is -3.38. The van der Waals surface area contributed by atoms with E-state index in [-0.39, 0.29) is 16.7 Å². The highest BCUT2D eigenvalue weighted by Gasteiger charge is 2.36. The van der Waals surface area contributed by atoms with E-state index in [1.54, 1.807) is 24.4 Å². The number of amides is 1. The van der Waals surface area contributed by atoms with E-state index in [2.05, 4.69) is 35.0 Å². The topological polar surface area (TPSA) is 151 Å². The van der Waals surface area contributed by atoms with Gasteiger partial charge in [-0.25, -0.2) is 28.2 Å². The number of ether oxygens (including phenoxy) is 1. The molecular weight excluding hydrogens is 542 g/mol. The van der Waals surface area contributed by atoms with Crippen molar-refractivity contribution in [3.63, 3.8) is 0 Å². The van der Waals surface area contributed by atoms with Crippen LogP contribution in [0, 0.1) is 6.92 Å². The van der Waals surface area contributed by atoms with E-state index < -0.39 is 16.1 Å². The molecule has 4 N–H and O–H groups in total. The zero-order chi connectivity index (χ0) is 28.5. The Bertz CT molecular complexity index is 1480. The Morgan fingerprint density at radius 1 is 1.26 bits per heavy atom. The standard InChI is InChI=1S/C26H34ClN7O4S/c1-14(30-25(35)38-6)13-29-24-28-10-9-19(31-24)22-21(32-23(33-22)26(3,4)5)18-11-16(27)12-20(15(18)2)34-39(36,37)17-7-8-17/h9-12,14,17,34H,7-8,13H2,1-6H3,(H,30,35)(H,32,33)(H,28,29,31)/t14-/m0/s1. The molecule has 1 fully saturated rings. The quantitative estimate of drug-likeness (QED) is 0.282. The Morgan fingerprint density at radius 3 is 2.62 bits per heavy atom. The van der Waals surface area contributed by atoms with Crippen LogP contribution in [0.3, 0.4) is 0 Å². The van der Waals surface area contributed by atoms with Crippen molar-refractivity contribution >= 4 is 39.4 Å². The molecule has 2 aromatic heterocycles. The van der Waals surface area contributed by atoms with Gasteiger partial charge in [-0.2, -0.15) is 0 Å². The number of aromatic nitrogens is 4. The minimum atomic E-state index is -3.49. The maximum atomic E-state index is 12.7. The summed E-state index contributed by atoms with van der Waals surface area (Å²) in [6, 6.07) is 4.93. The number of nitrogens with one attached hydrogen (secondary N) is 4. The molecule has 39 heavy (non-hydrogen) atoms. The number of anilines is 2. The average molecular weight is 576 g/mol. The molecule has 1 aliphatic rings. The number of carbonyl (C=O) groups is 1. The second kappa shape index (κ2) is 11.0. The van der Waals surface area contributed by atoms with Gasteiger partial charge in [0, 0.05) is 34.8 Å².